The normalized spacial score (nSPS) is 11.0. The Hall–Kier alpha value is -4.32. The number of rotatable bonds is 7. The fourth-order valence-corrected chi connectivity index (χ4v) is 3.14. The predicted octanol–water partition coefficient (Wildman–Crippen LogP) is 5.91. The van der Waals surface area contributed by atoms with Crippen molar-refractivity contribution in [2.75, 3.05) is 6.61 Å². The summed E-state index contributed by atoms with van der Waals surface area (Å²) in [4.78, 5) is 25.0. The summed E-state index contributed by atoms with van der Waals surface area (Å²) in [5.74, 6) is 0.696. The van der Waals surface area contributed by atoms with Crippen molar-refractivity contribution in [2.45, 2.75) is 13.8 Å². The molecule has 0 atom stereocenters. The van der Waals surface area contributed by atoms with Gasteiger partial charge < -0.3 is 18.6 Å². The summed E-state index contributed by atoms with van der Waals surface area (Å²) in [5, 5.41) is 0.302. The molecule has 6 nitrogen and oxygen atoms in total. The van der Waals surface area contributed by atoms with Crippen LogP contribution in [0.3, 0.4) is 0 Å². The molecule has 0 bridgehead atoms. The Bertz CT molecular complexity index is 1370. The molecular weight excluding hydrogens is 420 g/mol. The van der Waals surface area contributed by atoms with E-state index in [-0.39, 0.29) is 22.5 Å². The molecule has 166 valence electrons. The lowest BCUT2D eigenvalue weighted by molar-refractivity contribution is -0.128. The summed E-state index contributed by atoms with van der Waals surface area (Å²) in [6, 6.07) is 19.4. The first kappa shape index (κ1) is 21.9. The standard InChI is InChI=1S/C27H22O6/c1-3-30-22-6-4-5-7-23(22)33-25-17-31-24-16-20(13-14-21(24)27(25)29)32-26(28)15-12-19-10-8-18(2)9-11-19/h4-17H,3H2,1-2H3. The van der Waals surface area contributed by atoms with E-state index in [1.54, 1.807) is 24.3 Å². The van der Waals surface area contributed by atoms with Crippen molar-refractivity contribution in [2.24, 2.45) is 0 Å². The van der Waals surface area contributed by atoms with Gasteiger partial charge in [0.1, 0.15) is 17.6 Å². The molecule has 1 aromatic heterocycles. The van der Waals surface area contributed by atoms with Gasteiger partial charge in [0.15, 0.2) is 11.5 Å². The molecule has 33 heavy (non-hydrogen) atoms. The Kier molecular flexibility index (Phi) is 6.55. The zero-order valence-corrected chi connectivity index (χ0v) is 18.2. The average Bonchev–Trinajstić information content (AvgIpc) is 2.82. The SMILES string of the molecule is CCOc1ccccc1Oc1coc2cc(OC(=O)C=Cc3ccc(C)cc3)ccc2c1=O. The van der Waals surface area contributed by atoms with E-state index in [1.165, 1.54) is 30.5 Å². The summed E-state index contributed by atoms with van der Waals surface area (Å²) in [7, 11) is 0. The lowest BCUT2D eigenvalue weighted by Crippen LogP contribution is -2.07. The molecule has 1 heterocycles. The van der Waals surface area contributed by atoms with Gasteiger partial charge >= 0.3 is 5.97 Å². The van der Waals surface area contributed by atoms with Crippen molar-refractivity contribution in [1.29, 1.82) is 0 Å². The summed E-state index contributed by atoms with van der Waals surface area (Å²) < 4.78 is 22.2. The van der Waals surface area contributed by atoms with Gasteiger partial charge in [-0.2, -0.15) is 0 Å². The molecule has 4 aromatic rings. The molecule has 0 aliphatic heterocycles. The molecule has 0 radical (unpaired) electrons. The van der Waals surface area contributed by atoms with Gasteiger partial charge in [-0.15, -0.1) is 0 Å². The van der Waals surface area contributed by atoms with Crippen LogP contribution in [0.5, 0.6) is 23.0 Å². The molecule has 0 unspecified atom stereocenters. The highest BCUT2D eigenvalue weighted by atomic mass is 16.5. The number of hydrogen-bond donors (Lipinski definition) is 0. The Balaban J connectivity index is 1.51. The molecule has 0 saturated carbocycles. The second-order valence-corrected chi connectivity index (χ2v) is 7.23. The summed E-state index contributed by atoms with van der Waals surface area (Å²) in [6.07, 6.45) is 4.25. The lowest BCUT2D eigenvalue weighted by Gasteiger charge is -2.11. The second-order valence-electron chi connectivity index (χ2n) is 7.23. The van der Waals surface area contributed by atoms with E-state index in [9.17, 15) is 9.59 Å². The molecule has 0 aliphatic rings. The van der Waals surface area contributed by atoms with E-state index in [2.05, 4.69) is 0 Å². The van der Waals surface area contributed by atoms with Crippen LogP contribution in [0.2, 0.25) is 0 Å². The number of esters is 1. The van der Waals surface area contributed by atoms with Crippen molar-refractivity contribution >= 4 is 23.0 Å². The lowest BCUT2D eigenvalue weighted by atomic mass is 10.1. The summed E-state index contributed by atoms with van der Waals surface area (Å²) in [6.45, 7) is 4.33. The number of para-hydroxylation sites is 2. The second kappa shape index (κ2) is 9.87. The monoisotopic (exact) mass is 442 g/mol. The number of fused-ring (bicyclic) bond motifs is 1. The Labute approximate surface area is 190 Å². The van der Waals surface area contributed by atoms with Crippen LogP contribution in [-0.4, -0.2) is 12.6 Å². The number of ether oxygens (including phenoxy) is 3. The van der Waals surface area contributed by atoms with Gasteiger partial charge in [-0.25, -0.2) is 4.79 Å². The summed E-state index contributed by atoms with van der Waals surface area (Å²) in [5.41, 5.74) is 1.96. The molecule has 0 saturated heterocycles. The predicted molar refractivity (Wildman–Crippen MR) is 126 cm³/mol. The molecule has 0 aliphatic carbocycles. The molecular formula is C27H22O6. The topological polar surface area (TPSA) is 75.0 Å². The van der Waals surface area contributed by atoms with Gasteiger partial charge in [0.25, 0.3) is 0 Å². The zero-order chi connectivity index (χ0) is 23.2. The molecule has 0 amide bonds. The van der Waals surface area contributed by atoms with Crippen LogP contribution >= 0.6 is 0 Å². The van der Waals surface area contributed by atoms with Crippen LogP contribution in [0, 0.1) is 6.92 Å². The molecule has 4 rings (SSSR count). The van der Waals surface area contributed by atoms with Crippen LogP contribution in [-0.2, 0) is 4.79 Å². The maximum Gasteiger partial charge on any atom is 0.336 e. The third kappa shape index (κ3) is 5.30. The highest BCUT2D eigenvalue weighted by Gasteiger charge is 2.13. The van der Waals surface area contributed by atoms with E-state index in [0.717, 1.165) is 11.1 Å². The quantitative estimate of drug-likeness (QED) is 0.201. The third-order valence-electron chi connectivity index (χ3n) is 4.79. The van der Waals surface area contributed by atoms with Crippen LogP contribution in [0.4, 0.5) is 0 Å². The molecule has 3 aromatic carbocycles. The van der Waals surface area contributed by atoms with Crippen molar-refractivity contribution in [3.8, 4) is 23.0 Å². The first-order chi connectivity index (χ1) is 16.0. The number of benzene rings is 3. The van der Waals surface area contributed by atoms with Gasteiger partial charge in [0.05, 0.1) is 12.0 Å². The van der Waals surface area contributed by atoms with Crippen LogP contribution in [0.25, 0.3) is 17.0 Å². The van der Waals surface area contributed by atoms with E-state index >= 15 is 0 Å². The van der Waals surface area contributed by atoms with Crippen molar-refractivity contribution < 1.29 is 23.4 Å². The maximum absolute atomic E-state index is 12.9. The third-order valence-corrected chi connectivity index (χ3v) is 4.79. The highest BCUT2D eigenvalue weighted by Crippen LogP contribution is 2.31. The van der Waals surface area contributed by atoms with Gasteiger partial charge in [-0.1, -0.05) is 42.0 Å². The Morgan fingerprint density at radius 3 is 2.48 bits per heavy atom. The van der Waals surface area contributed by atoms with Crippen molar-refractivity contribution in [3.05, 3.63) is 100 Å². The zero-order valence-electron chi connectivity index (χ0n) is 18.2. The average molecular weight is 442 g/mol. The van der Waals surface area contributed by atoms with Gasteiger partial charge in [0, 0.05) is 12.1 Å². The van der Waals surface area contributed by atoms with Gasteiger partial charge in [-0.3, -0.25) is 4.79 Å². The Morgan fingerprint density at radius 2 is 1.73 bits per heavy atom. The minimum Gasteiger partial charge on any atom is -0.490 e. The number of aryl methyl sites for hydroxylation is 1. The van der Waals surface area contributed by atoms with Crippen molar-refractivity contribution in [1.82, 2.24) is 0 Å². The van der Waals surface area contributed by atoms with E-state index in [1.807, 2.05) is 44.2 Å². The summed E-state index contributed by atoms with van der Waals surface area (Å²) >= 11 is 0. The molecule has 0 spiro atoms. The molecule has 6 heteroatoms. The van der Waals surface area contributed by atoms with Crippen LogP contribution < -0.4 is 19.6 Å². The number of carbonyl (C=O) groups is 1. The largest absolute Gasteiger partial charge is 0.490 e. The van der Waals surface area contributed by atoms with Gasteiger partial charge in [0.2, 0.25) is 11.2 Å². The Morgan fingerprint density at radius 1 is 0.970 bits per heavy atom. The first-order valence-electron chi connectivity index (χ1n) is 10.5. The van der Waals surface area contributed by atoms with Gasteiger partial charge in [-0.05, 0) is 49.8 Å². The fraction of sp³-hybridized carbons (Fsp3) is 0.111. The first-order valence-corrected chi connectivity index (χ1v) is 10.5. The number of hydrogen-bond acceptors (Lipinski definition) is 6. The van der Waals surface area contributed by atoms with E-state index in [4.69, 9.17) is 18.6 Å². The number of carbonyl (C=O) groups excluding carboxylic acids is 1. The highest BCUT2D eigenvalue weighted by molar-refractivity contribution is 5.89. The van der Waals surface area contributed by atoms with E-state index < -0.39 is 5.97 Å². The van der Waals surface area contributed by atoms with Crippen molar-refractivity contribution in [3.63, 3.8) is 0 Å². The molecule has 0 N–H and O–H groups in total. The minimum absolute atomic E-state index is 0.0282. The van der Waals surface area contributed by atoms with Crippen LogP contribution in [0.1, 0.15) is 18.1 Å². The van der Waals surface area contributed by atoms with Crippen LogP contribution in [0.15, 0.2) is 88.3 Å². The smallest absolute Gasteiger partial charge is 0.336 e. The molecule has 0 fully saturated rings. The maximum atomic E-state index is 12.9. The fourth-order valence-electron chi connectivity index (χ4n) is 3.14. The minimum atomic E-state index is -0.537. The van der Waals surface area contributed by atoms with E-state index in [0.29, 0.717) is 23.5 Å².